The van der Waals surface area contributed by atoms with Crippen LogP contribution < -0.4 is 10.6 Å². The number of aryl methyl sites for hydroxylation is 1. The number of hydrogen-bond donors (Lipinski definition) is 3. The smallest absolute Gasteiger partial charge is 0.251 e. The number of carbonyl (C=O) groups is 1. The van der Waals surface area contributed by atoms with E-state index >= 15 is 0 Å². The van der Waals surface area contributed by atoms with Gasteiger partial charge in [-0.1, -0.05) is 37.1 Å². The van der Waals surface area contributed by atoms with Crippen molar-refractivity contribution >= 4 is 53.3 Å². The fraction of sp³-hybridized carbons (Fsp3) is 0.387. The van der Waals surface area contributed by atoms with E-state index in [9.17, 15) is 18.7 Å². The molecule has 0 unspecified atom stereocenters. The van der Waals surface area contributed by atoms with E-state index in [4.69, 9.17) is 0 Å². The molecule has 0 aromatic heterocycles. The lowest BCUT2D eigenvalue weighted by atomic mass is 9.99. The first-order chi connectivity index (χ1) is 18.6. The number of hydrogen-bond acceptors (Lipinski definition) is 4. The Labute approximate surface area is 268 Å². The van der Waals surface area contributed by atoms with Gasteiger partial charge in [0.05, 0.1) is 12.1 Å². The number of amides is 1. The molecule has 0 aliphatic carbocycles. The first kappa shape index (κ1) is 37.2. The van der Waals surface area contributed by atoms with Gasteiger partial charge in [-0.2, -0.15) is 0 Å². The van der Waals surface area contributed by atoms with E-state index in [0.717, 1.165) is 52.3 Å². The summed E-state index contributed by atoms with van der Waals surface area (Å²) in [6.07, 6.45) is 1.30. The fourth-order valence-electron chi connectivity index (χ4n) is 4.57. The normalized spacial score (nSPS) is 12.3. The van der Waals surface area contributed by atoms with Crippen molar-refractivity contribution in [2.75, 3.05) is 20.1 Å². The molecule has 1 amide bonds. The first-order valence-electron chi connectivity index (χ1n) is 13.3. The Kier molecular flexibility index (Phi) is 16.9. The first-order valence-corrected chi connectivity index (χ1v) is 14.4. The maximum Gasteiger partial charge on any atom is 0.251 e. The van der Waals surface area contributed by atoms with Crippen LogP contribution in [0.4, 0.5) is 8.78 Å². The van der Waals surface area contributed by atoms with Gasteiger partial charge in [0.15, 0.2) is 0 Å². The van der Waals surface area contributed by atoms with Gasteiger partial charge in [0.2, 0.25) is 0 Å². The predicted molar refractivity (Wildman–Crippen MR) is 175 cm³/mol. The molecule has 3 N–H and O–H groups in total. The lowest BCUT2D eigenvalue weighted by Crippen LogP contribution is -2.48. The zero-order valence-corrected chi connectivity index (χ0v) is 27.4. The fourth-order valence-corrected chi connectivity index (χ4v) is 5.18. The molecule has 226 valence electrons. The Morgan fingerprint density at radius 3 is 2.37 bits per heavy atom. The topological polar surface area (TPSA) is 64.6 Å². The standard InChI is InChI=1S/C31H38F2IN3O2.2ClH/c1-4-5-9-37(3)20-24-10-21(2)11-25(12-24)31(39)36-29(16-23-13-26(32)17-27(33)14-23)30(38)19-35-18-22-7-6-8-28(34)15-22;;/h6-8,10-15,17,29-30,35,38H,4-5,9,16,18-20H2,1-3H3,(H,36,39);2*1H/t29-,30-;;/m0../s1. The number of halogens is 5. The van der Waals surface area contributed by atoms with Crippen LogP contribution >= 0.6 is 47.4 Å². The molecule has 2 atom stereocenters. The zero-order chi connectivity index (χ0) is 28.4. The second-order valence-corrected chi connectivity index (χ2v) is 11.4. The third-order valence-electron chi connectivity index (χ3n) is 6.48. The molecule has 10 heteroatoms. The van der Waals surface area contributed by atoms with Crippen LogP contribution in [0.5, 0.6) is 0 Å². The summed E-state index contributed by atoms with van der Waals surface area (Å²) in [5, 5.41) is 17.2. The van der Waals surface area contributed by atoms with Crippen molar-refractivity contribution in [3.63, 3.8) is 0 Å². The largest absolute Gasteiger partial charge is 0.390 e. The molecule has 3 aromatic rings. The minimum atomic E-state index is -0.993. The number of carbonyl (C=O) groups excluding carboxylic acids is 1. The van der Waals surface area contributed by atoms with Gasteiger partial charge in [-0.05, 0) is 109 Å². The van der Waals surface area contributed by atoms with Gasteiger partial charge < -0.3 is 20.6 Å². The molecule has 5 nitrogen and oxygen atoms in total. The number of benzene rings is 3. The molecule has 0 saturated heterocycles. The second-order valence-electron chi connectivity index (χ2n) is 10.2. The minimum absolute atomic E-state index is 0. The van der Waals surface area contributed by atoms with Gasteiger partial charge in [-0.3, -0.25) is 4.79 Å². The van der Waals surface area contributed by atoms with Crippen molar-refractivity contribution in [1.82, 2.24) is 15.5 Å². The van der Waals surface area contributed by atoms with Gasteiger partial charge in [0.25, 0.3) is 5.91 Å². The summed E-state index contributed by atoms with van der Waals surface area (Å²) in [6.45, 7) is 6.52. The molecular weight excluding hydrogens is 682 g/mol. The molecule has 0 bridgehead atoms. The van der Waals surface area contributed by atoms with Crippen LogP contribution in [0.2, 0.25) is 0 Å². The highest BCUT2D eigenvalue weighted by atomic mass is 127. The number of unbranched alkanes of at least 4 members (excludes halogenated alkanes) is 1. The zero-order valence-electron chi connectivity index (χ0n) is 23.6. The molecule has 0 aliphatic heterocycles. The van der Waals surface area contributed by atoms with Crippen molar-refractivity contribution in [3.05, 3.63) is 104 Å². The molecule has 41 heavy (non-hydrogen) atoms. The summed E-state index contributed by atoms with van der Waals surface area (Å²) in [4.78, 5) is 15.6. The average Bonchev–Trinajstić information content (AvgIpc) is 2.86. The van der Waals surface area contributed by atoms with Gasteiger partial charge in [-0.15, -0.1) is 24.8 Å². The van der Waals surface area contributed by atoms with Crippen LogP contribution in [-0.4, -0.2) is 48.2 Å². The Hall–Kier alpha value is -1.82. The highest BCUT2D eigenvalue weighted by Gasteiger charge is 2.23. The SMILES string of the molecule is CCCCN(C)Cc1cc(C)cc(C(=O)N[C@@H](Cc2cc(F)cc(F)c2)[C@@H](O)CNCc2cccc(I)c2)c1.Cl.Cl. The molecule has 3 aromatic carbocycles. The molecule has 0 spiro atoms. The second kappa shape index (κ2) is 18.7. The molecule has 0 heterocycles. The van der Waals surface area contributed by atoms with Crippen LogP contribution in [-0.2, 0) is 19.5 Å². The third kappa shape index (κ3) is 12.9. The Morgan fingerprint density at radius 1 is 1.00 bits per heavy atom. The van der Waals surface area contributed by atoms with E-state index < -0.39 is 23.8 Å². The molecule has 3 rings (SSSR count). The van der Waals surface area contributed by atoms with Crippen LogP contribution in [0.25, 0.3) is 0 Å². The number of rotatable bonds is 14. The number of aliphatic hydroxyl groups is 1. The van der Waals surface area contributed by atoms with Gasteiger partial charge in [0, 0.05) is 34.8 Å². The van der Waals surface area contributed by atoms with Gasteiger partial charge in [0.1, 0.15) is 11.6 Å². The summed E-state index contributed by atoms with van der Waals surface area (Å²) in [6, 6.07) is 16.2. The number of aliphatic hydroxyl groups excluding tert-OH is 1. The van der Waals surface area contributed by atoms with Crippen molar-refractivity contribution in [1.29, 1.82) is 0 Å². The summed E-state index contributed by atoms with van der Waals surface area (Å²) < 4.78 is 28.9. The van der Waals surface area contributed by atoms with Crippen LogP contribution in [0.15, 0.2) is 60.7 Å². The Morgan fingerprint density at radius 2 is 1.71 bits per heavy atom. The number of nitrogens with one attached hydrogen (secondary N) is 2. The van der Waals surface area contributed by atoms with Crippen LogP contribution in [0.1, 0.15) is 52.4 Å². The molecule has 0 saturated carbocycles. The van der Waals surface area contributed by atoms with E-state index in [1.165, 1.54) is 12.1 Å². The van der Waals surface area contributed by atoms with E-state index in [1.807, 2.05) is 43.3 Å². The van der Waals surface area contributed by atoms with Crippen molar-refractivity contribution in [2.45, 2.75) is 58.3 Å². The summed E-state index contributed by atoms with van der Waals surface area (Å²) >= 11 is 2.25. The lowest BCUT2D eigenvalue weighted by Gasteiger charge is -2.25. The van der Waals surface area contributed by atoms with E-state index in [0.29, 0.717) is 17.7 Å². The van der Waals surface area contributed by atoms with Crippen LogP contribution in [0, 0.1) is 22.1 Å². The minimum Gasteiger partial charge on any atom is -0.390 e. The van der Waals surface area contributed by atoms with Crippen molar-refractivity contribution < 1.29 is 18.7 Å². The quantitative estimate of drug-likeness (QED) is 0.168. The highest BCUT2D eigenvalue weighted by Crippen LogP contribution is 2.16. The molecule has 0 aliphatic rings. The Bertz CT molecular complexity index is 1230. The molecule has 0 radical (unpaired) electrons. The Balaban J connectivity index is 0.00000420. The average molecular weight is 722 g/mol. The monoisotopic (exact) mass is 721 g/mol. The van der Waals surface area contributed by atoms with E-state index in [2.05, 4.69) is 58.2 Å². The maximum atomic E-state index is 13.9. The van der Waals surface area contributed by atoms with Gasteiger partial charge >= 0.3 is 0 Å². The van der Waals surface area contributed by atoms with Crippen molar-refractivity contribution in [2.24, 2.45) is 0 Å². The summed E-state index contributed by atoms with van der Waals surface area (Å²) in [7, 11) is 2.06. The lowest BCUT2D eigenvalue weighted by molar-refractivity contribution is 0.0829. The third-order valence-corrected chi connectivity index (χ3v) is 7.15. The molecular formula is C31H40Cl2F2IN3O2. The maximum absolute atomic E-state index is 13.9. The predicted octanol–water partition coefficient (Wildman–Crippen LogP) is 6.45. The van der Waals surface area contributed by atoms with Gasteiger partial charge in [-0.25, -0.2) is 8.78 Å². The highest BCUT2D eigenvalue weighted by molar-refractivity contribution is 14.1. The summed E-state index contributed by atoms with van der Waals surface area (Å²) in [5.74, 6) is -1.73. The van der Waals surface area contributed by atoms with Crippen LogP contribution in [0.3, 0.4) is 0 Å². The van der Waals surface area contributed by atoms with Crippen molar-refractivity contribution in [3.8, 4) is 0 Å². The van der Waals surface area contributed by atoms with E-state index in [-0.39, 0.29) is 43.7 Å². The number of nitrogens with zero attached hydrogens (tertiary/aromatic N) is 1. The molecule has 0 fully saturated rings. The summed E-state index contributed by atoms with van der Waals surface area (Å²) in [5.41, 5.74) is 3.91. The van der Waals surface area contributed by atoms with E-state index in [1.54, 1.807) is 0 Å².